The zero-order valence-electron chi connectivity index (χ0n) is 4.31. The fourth-order valence-corrected chi connectivity index (χ4v) is 0.321. The fraction of sp³-hybridized carbons (Fsp3) is 0.750. The van der Waals surface area contributed by atoms with Crippen LogP contribution in [-0.4, -0.2) is 12.4 Å². The highest BCUT2D eigenvalue weighted by Gasteiger charge is 1.87. The van der Waals surface area contributed by atoms with Gasteiger partial charge in [0.25, 0.3) is 0 Å². The third-order valence-electron chi connectivity index (χ3n) is 0.572. The molecule has 1 atom stereocenters. The van der Waals surface area contributed by atoms with E-state index in [1.807, 2.05) is 0 Å². The Balaban J connectivity index is 2.82. The number of Topliss-reactive ketones (excluding diaryl/α,β-unsaturated/α-hetero) is 1. The minimum absolute atomic E-state index is 0.169. The third-order valence-corrected chi connectivity index (χ3v) is 0.808. The van der Waals surface area contributed by atoms with Crippen LogP contribution in [0.25, 0.3) is 0 Å². The zero-order chi connectivity index (χ0) is 5.70. The van der Waals surface area contributed by atoms with Gasteiger partial charge in [0.1, 0.15) is 5.78 Å². The molecule has 0 bridgehead atoms. The van der Waals surface area contributed by atoms with E-state index >= 15 is 0 Å². The Bertz CT molecular complexity index is 62.7. The van der Waals surface area contributed by atoms with E-state index in [9.17, 15) is 4.79 Å². The molecule has 0 aromatic heterocycles. The molecule has 0 saturated carbocycles. The Morgan fingerprint density at radius 1 is 1.86 bits per heavy atom. The SMILES string of the molecule is CC(=O)CCOP. The molecule has 0 aromatic carbocycles. The van der Waals surface area contributed by atoms with Gasteiger partial charge in [0.15, 0.2) is 0 Å². The Kier molecular flexibility index (Phi) is 4.26. The summed E-state index contributed by atoms with van der Waals surface area (Å²) in [6.07, 6.45) is 0.517. The second kappa shape index (κ2) is 4.23. The number of hydrogen-bond donors (Lipinski definition) is 0. The largest absolute Gasteiger partial charge is 0.365 e. The summed E-state index contributed by atoms with van der Waals surface area (Å²) in [6, 6.07) is 0. The Hall–Kier alpha value is 0.0600. The molecular weight excluding hydrogens is 111 g/mol. The first-order valence-electron chi connectivity index (χ1n) is 2.08. The van der Waals surface area contributed by atoms with Gasteiger partial charge in [-0.25, -0.2) is 0 Å². The first kappa shape index (κ1) is 7.06. The highest BCUT2D eigenvalue weighted by Crippen LogP contribution is 1.88. The minimum Gasteiger partial charge on any atom is -0.365 e. The summed E-state index contributed by atoms with van der Waals surface area (Å²) < 4.78 is 4.55. The molecule has 0 saturated heterocycles. The van der Waals surface area contributed by atoms with Crippen molar-refractivity contribution in [3.05, 3.63) is 0 Å². The van der Waals surface area contributed by atoms with Crippen LogP contribution in [-0.2, 0) is 9.32 Å². The van der Waals surface area contributed by atoms with Crippen LogP contribution < -0.4 is 0 Å². The molecule has 0 aromatic rings. The van der Waals surface area contributed by atoms with Gasteiger partial charge in [0.05, 0.1) is 6.61 Å². The second-order valence-electron chi connectivity index (χ2n) is 1.32. The molecule has 0 aliphatic carbocycles. The van der Waals surface area contributed by atoms with Gasteiger partial charge in [-0.1, -0.05) is 0 Å². The van der Waals surface area contributed by atoms with Crippen LogP contribution in [0.15, 0.2) is 0 Å². The molecule has 0 rings (SSSR count). The quantitative estimate of drug-likeness (QED) is 0.514. The second-order valence-corrected chi connectivity index (χ2v) is 1.66. The molecule has 7 heavy (non-hydrogen) atoms. The summed E-state index contributed by atoms with van der Waals surface area (Å²) in [5.74, 6) is 0.169. The molecule has 0 aliphatic rings. The van der Waals surface area contributed by atoms with Crippen LogP contribution in [0.2, 0.25) is 0 Å². The maximum absolute atomic E-state index is 10.1. The van der Waals surface area contributed by atoms with E-state index in [1.165, 1.54) is 0 Å². The molecule has 0 spiro atoms. The van der Waals surface area contributed by atoms with Crippen molar-refractivity contribution in [1.82, 2.24) is 0 Å². The van der Waals surface area contributed by atoms with Gasteiger partial charge in [-0.05, 0) is 6.92 Å². The summed E-state index contributed by atoms with van der Waals surface area (Å²) in [7, 11) is 2.09. The topological polar surface area (TPSA) is 26.3 Å². The molecule has 0 N–H and O–H groups in total. The number of rotatable bonds is 3. The lowest BCUT2D eigenvalue weighted by atomic mass is 10.3. The first-order valence-corrected chi connectivity index (χ1v) is 2.55. The van der Waals surface area contributed by atoms with Gasteiger partial charge < -0.3 is 4.52 Å². The van der Waals surface area contributed by atoms with E-state index in [4.69, 9.17) is 0 Å². The molecule has 42 valence electrons. The maximum Gasteiger partial charge on any atom is 0.132 e. The fourth-order valence-electron chi connectivity index (χ4n) is 0.203. The van der Waals surface area contributed by atoms with E-state index in [0.717, 1.165) is 0 Å². The predicted molar refractivity (Wildman–Crippen MR) is 31.0 cm³/mol. The third kappa shape index (κ3) is 6.06. The zero-order valence-corrected chi connectivity index (χ0v) is 5.46. The minimum atomic E-state index is 0.169. The normalized spacial score (nSPS) is 8.86. The van der Waals surface area contributed by atoms with Crippen molar-refractivity contribution < 1.29 is 9.32 Å². The number of ketones is 1. The van der Waals surface area contributed by atoms with Gasteiger partial charge in [-0.15, -0.1) is 0 Å². The van der Waals surface area contributed by atoms with Gasteiger partial charge in [-0.2, -0.15) is 0 Å². The van der Waals surface area contributed by atoms with Crippen LogP contribution in [0.5, 0.6) is 0 Å². The average Bonchev–Trinajstić information content (AvgIpc) is 1.61. The summed E-state index contributed by atoms with van der Waals surface area (Å²) in [5, 5.41) is 0. The van der Waals surface area contributed by atoms with Gasteiger partial charge >= 0.3 is 0 Å². The lowest BCUT2D eigenvalue weighted by Crippen LogP contribution is -1.93. The van der Waals surface area contributed by atoms with Crippen molar-refractivity contribution in [3.63, 3.8) is 0 Å². The number of hydrogen-bond acceptors (Lipinski definition) is 2. The van der Waals surface area contributed by atoms with Crippen LogP contribution in [0.1, 0.15) is 13.3 Å². The van der Waals surface area contributed by atoms with E-state index in [-0.39, 0.29) is 5.78 Å². The summed E-state index contributed by atoms with van der Waals surface area (Å²) in [5.41, 5.74) is 0. The molecule has 0 amide bonds. The van der Waals surface area contributed by atoms with Gasteiger partial charge in [-0.3, -0.25) is 4.79 Å². The lowest BCUT2D eigenvalue weighted by Gasteiger charge is -1.89. The van der Waals surface area contributed by atoms with Crippen LogP contribution in [0.3, 0.4) is 0 Å². The number of carbonyl (C=O) groups excluding carboxylic acids is 1. The molecule has 0 radical (unpaired) electrons. The molecule has 1 unspecified atom stereocenters. The smallest absolute Gasteiger partial charge is 0.132 e. The molecular formula is C4H9O2P. The van der Waals surface area contributed by atoms with Crippen LogP contribution >= 0.6 is 9.47 Å². The first-order chi connectivity index (χ1) is 3.27. The van der Waals surface area contributed by atoms with E-state index < -0.39 is 0 Å². The van der Waals surface area contributed by atoms with Gasteiger partial charge in [0, 0.05) is 15.9 Å². The summed E-state index contributed by atoms with van der Waals surface area (Å²) >= 11 is 0. The Labute approximate surface area is 45.5 Å². The van der Waals surface area contributed by atoms with E-state index in [0.29, 0.717) is 13.0 Å². The van der Waals surface area contributed by atoms with Crippen LogP contribution in [0, 0.1) is 0 Å². The molecule has 0 aliphatic heterocycles. The van der Waals surface area contributed by atoms with Crippen molar-refractivity contribution >= 4 is 15.2 Å². The van der Waals surface area contributed by atoms with E-state index in [1.54, 1.807) is 6.92 Å². The predicted octanol–water partition coefficient (Wildman–Crippen LogP) is 0.772. The van der Waals surface area contributed by atoms with E-state index in [2.05, 4.69) is 14.0 Å². The Morgan fingerprint density at radius 3 is 2.57 bits per heavy atom. The van der Waals surface area contributed by atoms with Crippen molar-refractivity contribution in [1.29, 1.82) is 0 Å². The van der Waals surface area contributed by atoms with Crippen molar-refractivity contribution in [2.75, 3.05) is 6.61 Å². The highest BCUT2D eigenvalue weighted by atomic mass is 31.0. The van der Waals surface area contributed by atoms with Crippen molar-refractivity contribution in [2.24, 2.45) is 0 Å². The Morgan fingerprint density at radius 2 is 2.43 bits per heavy atom. The summed E-state index contributed by atoms with van der Waals surface area (Å²) in [4.78, 5) is 10.1. The lowest BCUT2D eigenvalue weighted by molar-refractivity contribution is -0.117. The monoisotopic (exact) mass is 120 g/mol. The molecule has 2 nitrogen and oxygen atoms in total. The molecule has 3 heteroatoms. The highest BCUT2D eigenvalue weighted by molar-refractivity contribution is 7.09. The average molecular weight is 120 g/mol. The molecule has 0 fully saturated rings. The summed E-state index contributed by atoms with van der Waals surface area (Å²) in [6.45, 7) is 2.06. The molecule has 0 heterocycles. The van der Waals surface area contributed by atoms with Crippen molar-refractivity contribution in [3.8, 4) is 0 Å². The number of carbonyl (C=O) groups is 1. The maximum atomic E-state index is 10.1. The van der Waals surface area contributed by atoms with Gasteiger partial charge in [0.2, 0.25) is 0 Å². The van der Waals surface area contributed by atoms with Crippen LogP contribution in [0.4, 0.5) is 0 Å². The van der Waals surface area contributed by atoms with Crippen molar-refractivity contribution in [2.45, 2.75) is 13.3 Å². The standard InChI is InChI=1S/C4H9O2P/c1-4(5)2-3-6-7/h2-3,7H2,1H3.